The minimum absolute atomic E-state index is 0.0733. The summed E-state index contributed by atoms with van der Waals surface area (Å²) in [7, 11) is 2.16. The van der Waals surface area contributed by atoms with Gasteiger partial charge < -0.3 is 10.8 Å². The summed E-state index contributed by atoms with van der Waals surface area (Å²) in [5, 5.41) is 9.48. The zero-order valence-electron chi connectivity index (χ0n) is 11.1. The zero-order valence-corrected chi connectivity index (χ0v) is 11.1. The summed E-state index contributed by atoms with van der Waals surface area (Å²) in [5.41, 5.74) is 6.23. The van der Waals surface area contributed by atoms with Crippen LogP contribution in [-0.2, 0) is 0 Å². The van der Waals surface area contributed by atoms with Gasteiger partial charge in [-0.05, 0) is 27.3 Å². The number of nitrogens with zero attached hydrogens (tertiary/aromatic N) is 2. The van der Waals surface area contributed by atoms with E-state index in [0.29, 0.717) is 0 Å². The van der Waals surface area contributed by atoms with Crippen LogP contribution in [0.5, 0.6) is 0 Å². The summed E-state index contributed by atoms with van der Waals surface area (Å²) in [6, 6.07) is 0.183. The van der Waals surface area contributed by atoms with Crippen molar-refractivity contribution in [3.8, 4) is 0 Å². The van der Waals surface area contributed by atoms with Gasteiger partial charge in [-0.1, -0.05) is 6.92 Å². The van der Waals surface area contributed by atoms with E-state index >= 15 is 0 Å². The summed E-state index contributed by atoms with van der Waals surface area (Å²) in [4.78, 5) is 4.71. The molecule has 4 heteroatoms. The highest BCUT2D eigenvalue weighted by Crippen LogP contribution is 2.21. The molecule has 0 radical (unpaired) electrons. The Morgan fingerprint density at radius 1 is 1.38 bits per heavy atom. The van der Waals surface area contributed by atoms with Gasteiger partial charge in [-0.2, -0.15) is 0 Å². The van der Waals surface area contributed by atoms with Crippen LogP contribution in [0.3, 0.4) is 0 Å². The van der Waals surface area contributed by atoms with Crippen LogP contribution in [-0.4, -0.2) is 65.8 Å². The van der Waals surface area contributed by atoms with Gasteiger partial charge >= 0.3 is 0 Å². The zero-order chi connectivity index (χ0) is 12.3. The number of hydrogen-bond acceptors (Lipinski definition) is 4. The number of aliphatic hydroxyl groups is 1. The Labute approximate surface area is 99.4 Å². The number of aliphatic hydroxyl groups excluding tert-OH is 1. The van der Waals surface area contributed by atoms with Crippen LogP contribution in [0.4, 0.5) is 0 Å². The molecule has 1 rings (SSSR count). The lowest BCUT2D eigenvalue weighted by Gasteiger charge is -2.48. The normalized spacial score (nSPS) is 26.6. The molecule has 0 aromatic carbocycles. The standard InChI is InChI=1S/C12H27N3O/c1-5-10(13)11(8-16)15-7-6-14(4)12(2,3)9-15/h10-11,16H,5-9,13H2,1-4H3. The molecule has 1 heterocycles. The maximum absolute atomic E-state index is 9.48. The van der Waals surface area contributed by atoms with Crippen LogP contribution in [0.2, 0.25) is 0 Å². The van der Waals surface area contributed by atoms with Gasteiger partial charge in [0, 0.05) is 37.3 Å². The van der Waals surface area contributed by atoms with Gasteiger partial charge in [0.05, 0.1) is 6.61 Å². The molecule has 2 unspecified atom stereocenters. The average molecular weight is 229 g/mol. The van der Waals surface area contributed by atoms with E-state index in [1.807, 2.05) is 0 Å². The van der Waals surface area contributed by atoms with Gasteiger partial charge in [0.15, 0.2) is 0 Å². The van der Waals surface area contributed by atoms with Crippen LogP contribution in [0.1, 0.15) is 27.2 Å². The minimum Gasteiger partial charge on any atom is -0.395 e. The molecule has 0 aliphatic carbocycles. The predicted octanol–water partition coefficient (Wildman–Crippen LogP) is 0.111. The second kappa shape index (κ2) is 5.45. The summed E-state index contributed by atoms with van der Waals surface area (Å²) in [6.07, 6.45) is 0.915. The molecule has 1 aliphatic heterocycles. The van der Waals surface area contributed by atoms with Gasteiger partial charge in [0.1, 0.15) is 0 Å². The largest absolute Gasteiger partial charge is 0.395 e. The molecule has 16 heavy (non-hydrogen) atoms. The third-order valence-electron chi connectivity index (χ3n) is 3.97. The number of piperazine rings is 1. The summed E-state index contributed by atoms with van der Waals surface area (Å²) < 4.78 is 0. The molecule has 3 N–H and O–H groups in total. The molecular formula is C12H27N3O. The molecule has 96 valence electrons. The van der Waals surface area contributed by atoms with Crippen LogP contribution >= 0.6 is 0 Å². The Balaban J connectivity index is 2.66. The Morgan fingerprint density at radius 3 is 2.44 bits per heavy atom. The molecule has 0 amide bonds. The SMILES string of the molecule is CCC(N)C(CO)N1CCN(C)C(C)(C)C1. The maximum atomic E-state index is 9.48. The number of likely N-dealkylation sites (N-methyl/N-ethyl adjacent to an activating group) is 1. The lowest BCUT2D eigenvalue weighted by atomic mass is 9.96. The van der Waals surface area contributed by atoms with Crippen LogP contribution in [0.15, 0.2) is 0 Å². The highest BCUT2D eigenvalue weighted by molar-refractivity contribution is 4.93. The summed E-state index contributed by atoms with van der Waals surface area (Å²) >= 11 is 0. The van der Waals surface area contributed by atoms with Crippen molar-refractivity contribution in [1.29, 1.82) is 0 Å². The minimum atomic E-state index is 0.0733. The molecule has 1 fully saturated rings. The smallest absolute Gasteiger partial charge is 0.0601 e. The van der Waals surface area contributed by atoms with Crippen molar-refractivity contribution in [2.24, 2.45) is 5.73 Å². The molecule has 0 aromatic heterocycles. The molecule has 2 atom stereocenters. The maximum Gasteiger partial charge on any atom is 0.0601 e. The quantitative estimate of drug-likeness (QED) is 0.718. The van der Waals surface area contributed by atoms with E-state index in [2.05, 4.69) is 37.6 Å². The van der Waals surface area contributed by atoms with Crippen LogP contribution in [0.25, 0.3) is 0 Å². The second-order valence-electron chi connectivity index (χ2n) is 5.53. The van der Waals surface area contributed by atoms with Gasteiger partial charge in [-0.3, -0.25) is 9.80 Å². The van der Waals surface area contributed by atoms with Crippen molar-refractivity contribution >= 4 is 0 Å². The Morgan fingerprint density at radius 2 is 2.00 bits per heavy atom. The Bertz CT molecular complexity index is 220. The lowest BCUT2D eigenvalue weighted by Crippen LogP contribution is -2.63. The lowest BCUT2D eigenvalue weighted by molar-refractivity contribution is -0.00501. The number of nitrogens with two attached hydrogens (primary N) is 1. The van der Waals surface area contributed by atoms with Crippen molar-refractivity contribution in [3.63, 3.8) is 0 Å². The van der Waals surface area contributed by atoms with E-state index in [9.17, 15) is 5.11 Å². The number of hydrogen-bond donors (Lipinski definition) is 2. The van der Waals surface area contributed by atoms with Crippen molar-refractivity contribution in [1.82, 2.24) is 9.80 Å². The first kappa shape index (κ1) is 13.9. The summed E-state index contributed by atoms with van der Waals surface area (Å²) in [6.45, 7) is 9.74. The van der Waals surface area contributed by atoms with Gasteiger partial charge in [0.2, 0.25) is 0 Å². The first-order valence-electron chi connectivity index (χ1n) is 6.24. The van der Waals surface area contributed by atoms with Gasteiger partial charge in [-0.15, -0.1) is 0 Å². The fraction of sp³-hybridized carbons (Fsp3) is 1.00. The fourth-order valence-corrected chi connectivity index (χ4v) is 2.35. The van der Waals surface area contributed by atoms with E-state index in [4.69, 9.17) is 5.73 Å². The molecule has 0 saturated carbocycles. The molecule has 1 saturated heterocycles. The van der Waals surface area contributed by atoms with Gasteiger partial charge in [0.25, 0.3) is 0 Å². The van der Waals surface area contributed by atoms with Gasteiger partial charge in [-0.25, -0.2) is 0 Å². The highest BCUT2D eigenvalue weighted by Gasteiger charge is 2.35. The second-order valence-corrected chi connectivity index (χ2v) is 5.53. The fourth-order valence-electron chi connectivity index (χ4n) is 2.35. The third kappa shape index (κ3) is 2.94. The van der Waals surface area contributed by atoms with E-state index in [1.165, 1.54) is 0 Å². The molecule has 4 nitrogen and oxygen atoms in total. The number of rotatable bonds is 4. The van der Waals surface area contributed by atoms with Crippen molar-refractivity contribution in [2.75, 3.05) is 33.3 Å². The molecule has 1 aliphatic rings. The predicted molar refractivity (Wildman–Crippen MR) is 67.4 cm³/mol. The van der Waals surface area contributed by atoms with Crippen molar-refractivity contribution in [3.05, 3.63) is 0 Å². The Kier molecular flexibility index (Phi) is 4.73. The van der Waals surface area contributed by atoms with Crippen LogP contribution in [0, 0.1) is 0 Å². The molecule has 0 bridgehead atoms. The first-order chi connectivity index (χ1) is 7.42. The van der Waals surface area contributed by atoms with Crippen molar-refractivity contribution in [2.45, 2.75) is 44.8 Å². The molecule has 0 spiro atoms. The van der Waals surface area contributed by atoms with E-state index in [0.717, 1.165) is 26.1 Å². The summed E-state index contributed by atoms with van der Waals surface area (Å²) in [5.74, 6) is 0. The molecular weight excluding hydrogens is 202 g/mol. The van der Waals surface area contributed by atoms with Crippen molar-refractivity contribution < 1.29 is 5.11 Å². The van der Waals surface area contributed by atoms with E-state index in [-0.39, 0.29) is 24.2 Å². The molecule has 0 aromatic rings. The van der Waals surface area contributed by atoms with E-state index < -0.39 is 0 Å². The monoisotopic (exact) mass is 229 g/mol. The highest BCUT2D eigenvalue weighted by atomic mass is 16.3. The average Bonchev–Trinajstić information content (AvgIpc) is 2.23. The Hall–Kier alpha value is -0.160. The topological polar surface area (TPSA) is 52.7 Å². The first-order valence-corrected chi connectivity index (χ1v) is 6.24. The third-order valence-corrected chi connectivity index (χ3v) is 3.97. The van der Waals surface area contributed by atoms with Crippen LogP contribution < -0.4 is 5.73 Å². The van der Waals surface area contributed by atoms with E-state index in [1.54, 1.807) is 0 Å².